The second-order valence-corrected chi connectivity index (χ2v) is 6.50. The highest BCUT2D eigenvalue weighted by molar-refractivity contribution is 7.08. The van der Waals surface area contributed by atoms with Crippen molar-refractivity contribution in [1.29, 1.82) is 0 Å². The molecule has 1 amide bonds. The first kappa shape index (κ1) is 16.8. The molecule has 24 heavy (non-hydrogen) atoms. The van der Waals surface area contributed by atoms with Crippen LogP contribution in [-0.2, 0) is 6.42 Å². The maximum absolute atomic E-state index is 12.4. The Balaban J connectivity index is 1.64. The van der Waals surface area contributed by atoms with E-state index in [0.717, 1.165) is 24.4 Å². The molecule has 8 heteroatoms. The minimum Gasteiger partial charge on any atom is -0.486 e. The van der Waals surface area contributed by atoms with Crippen molar-refractivity contribution in [2.75, 3.05) is 0 Å². The third-order valence-electron chi connectivity index (χ3n) is 4.13. The van der Waals surface area contributed by atoms with Crippen LogP contribution in [-0.4, -0.2) is 43.8 Å². The van der Waals surface area contributed by atoms with Gasteiger partial charge in [-0.1, -0.05) is 11.4 Å². The van der Waals surface area contributed by atoms with Crippen molar-refractivity contribution in [2.24, 2.45) is 0 Å². The molecule has 0 spiro atoms. The monoisotopic (exact) mass is 348 g/mol. The fraction of sp³-hybridized carbons (Fsp3) is 0.500. The topological polar surface area (TPSA) is 97.2 Å². The molecule has 0 saturated heterocycles. The van der Waals surface area contributed by atoms with Crippen molar-refractivity contribution >= 4 is 17.4 Å². The second kappa shape index (κ2) is 7.67. The van der Waals surface area contributed by atoms with Crippen molar-refractivity contribution in [3.8, 4) is 5.75 Å². The number of rotatable bonds is 5. The largest absolute Gasteiger partial charge is 0.486 e. The molecule has 2 heterocycles. The summed E-state index contributed by atoms with van der Waals surface area (Å²) in [6.45, 7) is 1.93. The molecule has 128 valence electrons. The highest BCUT2D eigenvalue weighted by Crippen LogP contribution is 2.24. The molecule has 1 aliphatic carbocycles. The molecule has 0 unspecified atom stereocenters. The highest BCUT2D eigenvalue weighted by atomic mass is 32.1. The van der Waals surface area contributed by atoms with Crippen LogP contribution in [0.3, 0.4) is 0 Å². The van der Waals surface area contributed by atoms with Gasteiger partial charge in [-0.05, 0) is 49.3 Å². The number of aromatic nitrogens is 3. The number of aryl methyl sites for hydroxylation is 1. The maximum atomic E-state index is 12.4. The number of pyridine rings is 1. The number of hydrogen-bond donors (Lipinski definition) is 2. The first-order chi connectivity index (χ1) is 11.7. The zero-order chi connectivity index (χ0) is 16.9. The van der Waals surface area contributed by atoms with Crippen LogP contribution < -0.4 is 10.1 Å². The summed E-state index contributed by atoms with van der Waals surface area (Å²) in [5, 5.41) is 17.4. The molecule has 0 aliphatic heterocycles. The number of nitrogens with zero attached hydrogens (tertiary/aromatic N) is 3. The molecule has 7 nitrogen and oxygen atoms in total. The van der Waals surface area contributed by atoms with Crippen LogP contribution in [0.2, 0.25) is 0 Å². The van der Waals surface area contributed by atoms with Gasteiger partial charge in [0, 0.05) is 6.20 Å². The lowest BCUT2D eigenvalue weighted by atomic mass is 9.89. The summed E-state index contributed by atoms with van der Waals surface area (Å²) in [7, 11) is 0. The van der Waals surface area contributed by atoms with Crippen molar-refractivity contribution in [3.05, 3.63) is 35.1 Å². The van der Waals surface area contributed by atoms with Gasteiger partial charge in [-0.15, -0.1) is 5.10 Å². The second-order valence-electron chi connectivity index (χ2n) is 5.75. The van der Waals surface area contributed by atoms with E-state index in [4.69, 9.17) is 4.74 Å². The van der Waals surface area contributed by atoms with Gasteiger partial charge in [0.2, 0.25) is 0 Å². The quantitative estimate of drug-likeness (QED) is 0.851. The van der Waals surface area contributed by atoms with Crippen LogP contribution in [0.15, 0.2) is 24.5 Å². The standard InChI is InChI=1S/C16H20N4O3S/c1-2-11-15(24-20-19-11)16(22)18-12-6-3-7-13(14(12)21)23-10-5-4-8-17-9-10/h4-5,8-9,12-14,21H,2-3,6-7H2,1H3,(H,18,22)/t12-,13-,14-/m1/s1. The van der Waals surface area contributed by atoms with Crippen LogP contribution in [0.4, 0.5) is 0 Å². The van der Waals surface area contributed by atoms with Gasteiger partial charge in [-0.3, -0.25) is 9.78 Å². The van der Waals surface area contributed by atoms with E-state index in [-0.39, 0.29) is 18.1 Å². The third-order valence-corrected chi connectivity index (χ3v) is 4.90. The average Bonchev–Trinajstić information content (AvgIpc) is 3.08. The summed E-state index contributed by atoms with van der Waals surface area (Å²) in [6, 6.07) is 3.24. The lowest BCUT2D eigenvalue weighted by molar-refractivity contribution is -0.0141. The van der Waals surface area contributed by atoms with E-state index in [0.29, 0.717) is 29.2 Å². The van der Waals surface area contributed by atoms with Crippen LogP contribution in [0.1, 0.15) is 41.6 Å². The first-order valence-corrected chi connectivity index (χ1v) is 8.83. The third kappa shape index (κ3) is 3.70. The number of hydrogen-bond acceptors (Lipinski definition) is 7. The van der Waals surface area contributed by atoms with E-state index in [2.05, 4.69) is 19.9 Å². The van der Waals surface area contributed by atoms with Gasteiger partial charge in [0.25, 0.3) is 5.91 Å². The Morgan fingerprint density at radius 2 is 2.38 bits per heavy atom. The Kier molecular flexibility index (Phi) is 5.37. The lowest BCUT2D eigenvalue weighted by Gasteiger charge is -2.35. The van der Waals surface area contributed by atoms with Crippen LogP contribution >= 0.6 is 11.5 Å². The Hall–Kier alpha value is -2.06. The Morgan fingerprint density at radius 3 is 3.12 bits per heavy atom. The number of aliphatic hydroxyl groups is 1. The van der Waals surface area contributed by atoms with Crippen LogP contribution in [0.5, 0.6) is 5.75 Å². The highest BCUT2D eigenvalue weighted by Gasteiger charge is 2.35. The van der Waals surface area contributed by atoms with Gasteiger partial charge < -0.3 is 15.2 Å². The molecular weight excluding hydrogens is 328 g/mol. The number of ether oxygens (including phenoxy) is 1. The molecule has 0 aromatic carbocycles. The average molecular weight is 348 g/mol. The summed E-state index contributed by atoms with van der Waals surface area (Å²) in [6.07, 6.45) is 5.13. The Bertz CT molecular complexity index is 679. The summed E-state index contributed by atoms with van der Waals surface area (Å²) in [4.78, 5) is 16.9. The summed E-state index contributed by atoms with van der Waals surface area (Å²) in [5.74, 6) is 0.390. The van der Waals surface area contributed by atoms with E-state index in [1.165, 1.54) is 0 Å². The number of carbonyl (C=O) groups excluding carboxylic acids is 1. The maximum Gasteiger partial charge on any atom is 0.265 e. The molecule has 1 aliphatic rings. The SMILES string of the molecule is CCc1nnsc1C(=O)N[C@@H]1CCC[C@@H](Oc2cccnc2)[C@@H]1O. The van der Waals surface area contributed by atoms with Gasteiger partial charge >= 0.3 is 0 Å². The minimum absolute atomic E-state index is 0.229. The van der Waals surface area contributed by atoms with Crippen molar-refractivity contribution in [3.63, 3.8) is 0 Å². The molecule has 3 rings (SSSR count). The molecule has 3 atom stereocenters. The summed E-state index contributed by atoms with van der Waals surface area (Å²) < 4.78 is 9.66. The van der Waals surface area contributed by atoms with E-state index >= 15 is 0 Å². The lowest BCUT2D eigenvalue weighted by Crippen LogP contribution is -2.52. The summed E-state index contributed by atoms with van der Waals surface area (Å²) in [5.41, 5.74) is 0.686. The zero-order valence-corrected chi connectivity index (χ0v) is 14.2. The predicted molar refractivity (Wildman–Crippen MR) is 89.1 cm³/mol. The molecule has 1 fully saturated rings. The molecule has 0 radical (unpaired) electrons. The van der Waals surface area contributed by atoms with Crippen molar-refractivity contribution < 1.29 is 14.6 Å². The first-order valence-electron chi connectivity index (χ1n) is 8.06. The van der Waals surface area contributed by atoms with Crippen molar-refractivity contribution in [1.82, 2.24) is 19.9 Å². The Morgan fingerprint density at radius 1 is 1.50 bits per heavy atom. The summed E-state index contributed by atoms with van der Waals surface area (Å²) >= 11 is 1.08. The number of carbonyl (C=O) groups is 1. The molecule has 2 N–H and O–H groups in total. The minimum atomic E-state index is -0.770. The molecule has 2 aromatic rings. The predicted octanol–water partition coefficient (Wildman–Crippen LogP) is 1.59. The smallest absolute Gasteiger partial charge is 0.265 e. The number of nitrogens with one attached hydrogen (secondary N) is 1. The van der Waals surface area contributed by atoms with E-state index in [1.807, 2.05) is 6.92 Å². The number of aliphatic hydroxyl groups excluding tert-OH is 1. The van der Waals surface area contributed by atoms with Crippen LogP contribution in [0, 0.1) is 0 Å². The van der Waals surface area contributed by atoms with E-state index in [1.54, 1.807) is 24.5 Å². The molecule has 1 saturated carbocycles. The van der Waals surface area contributed by atoms with Gasteiger partial charge in [0.15, 0.2) is 0 Å². The van der Waals surface area contributed by atoms with Gasteiger partial charge in [-0.25, -0.2) is 0 Å². The van der Waals surface area contributed by atoms with E-state index < -0.39 is 6.10 Å². The zero-order valence-electron chi connectivity index (χ0n) is 13.4. The normalized spacial score (nSPS) is 23.7. The number of amides is 1. The van der Waals surface area contributed by atoms with Gasteiger partial charge in [-0.2, -0.15) is 0 Å². The van der Waals surface area contributed by atoms with Gasteiger partial charge in [0.1, 0.15) is 22.8 Å². The fourth-order valence-electron chi connectivity index (χ4n) is 2.86. The molecular formula is C16H20N4O3S. The Labute approximate surface area is 144 Å². The van der Waals surface area contributed by atoms with Gasteiger partial charge in [0.05, 0.1) is 17.9 Å². The molecule has 2 aromatic heterocycles. The van der Waals surface area contributed by atoms with Crippen molar-refractivity contribution in [2.45, 2.75) is 50.9 Å². The fourth-order valence-corrected chi connectivity index (χ4v) is 3.52. The van der Waals surface area contributed by atoms with Crippen LogP contribution in [0.25, 0.3) is 0 Å². The molecule has 0 bridgehead atoms. The van der Waals surface area contributed by atoms with E-state index in [9.17, 15) is 9.90 Å².